The number of nitrogens with zero attached hydrogens (tertiary/aromatic N) is 1. The number of esters is 1. The number of rotatable bonds is 14. The van der Waals surface area contributed by atoms with E-state index in [1.54, 1.807) is 18.2 Å². The van der Waals surface area contributed by atoms with Crippen molar-refractivity contribution in [1.29, 1.82) is 0 Å². The lowest BCUT2D eigenvalue weighted by molar-refractivity contribution is -0.757. The number of hydrogen-bond acceptors (Lipinski definition) is 10. The molecule has 12 nitrogen and oxygen atoms in total. The monoisotopic (exact) mass is 458 g/mol. The molecule has 0 heterocycles. The fourth-order valence-electron chi connectivity index (χ4n) is 2.17. The molecule has 0 unspecified atom stereocenters. The number of benzene rings is 1. The molecule has 180 valence electrons. The number of ether oxygens (including phenoxy) is 2. The third-order valence-electron chi connectivity index (χ3n) is 3.96. The Morgan fingerprint density at radius 1 is 1.19 bits per heavy atom. The van der Waals surface area contributed by atoms with E-state index < -0.39 is 42.3 Å². The summed E-state index contributed by atoms with van der Waals surface area (Å²) >= 11 is 0. The van der Waals surface area contributed by atoms with Crippen molar-refractivity contribution >= 4 is 18.2 Å². The van der Waals surface area contributed by atoms with E-state index >= 15 is 0 Å². The third-order valence-corrected chi connectivity index (χ3v) is 3.96. The van der Waals surface area contributed by atoms with Crippen LogP contribution < -0.4 is 10.1 Å². The van der Waals surface area contributed by atoms with Crippen LogP contribution in [0.15, 0.2) is 24.3 Å². The summed E-state index contributed by atoms with van der Waals surface area (Å²) in [6, 6.07) is 6.47. The lowest BCUT2D eigenvalue weighted by atomic mass is 10.1. The molecule has 0 aromatic heterocycles. The average Bonchev–Trinajstić information content (AvgIpc) is 2.79. The molecule has 0 spiro atoms. The van der Waals surface area contributed by atoms with E-state index in [-0.39, 0.29) is 12.2 Å². The zero-order valence-electron chi connectivity index (χ0n) is 18.2. The molecule has 0 aliphatic rings. The SMILES string of the molecule is COc1ccccc1C(=O)OCC(=O)NC(C)(CO)CO.O=CCCCCCO[N+](=O)[O-]. The number of carbonyl (C=O) groups is 3. The van der Waals surface area contributed by atoms with Gasteiger partial charge in [0.05, 0.1) is 32.5 Å². The van der Waals surface area contributed by atoms with Crippen LogP contribution in [0.4, 0.5) is 0 Å². The van der Waals surface area contributed by atoms with Gasteiger partial charge < -0.3 is 34.6 Å². The summed E-state index contributed by atoms with van der Waals surface area (Å²) in [6.07, 6.45) is 3.58. The second-order valence-electron chi connectivity index (χ2n) is 6.77. The smallest absolute Gasteiger partial charge is 0.342 e. The Balaban J connectivity index is 0.000000739. The van der Waals surface area contributed by atoms with E-state index in [1.807, 2.05) is 0 Å². The summed E-state index contributed by atoms with van der Waals surface area (Å²) in [4.78, 5) is 47.0. The molecule has 12 heteroatoms. The first kappa shape index (κ1) is 28.8. The predicted molar refractivity (Wildman–Crippen MR) is 111 cm³/mol. The second kappa shape index (κ2) is 16.4. The van der Waals surface area contributed by atoms with Crippen molar-refractivity contribution in [2.24, 2.45) is 0 Å². The van der Waals surface area contributed by atoms with Gasteiger partial charge in [-0.2, -0.15) is 0 Å². The van der Waals surface area contributed by atoms with Gasteiger partial charge in [-0.15, -0.1) is 10.1 Å². The number of para-hydroxylation sites is 1. The van der Waals surface area contributed by atoms with Crippen LogP contribution in [0.5, 0.6) is 5.75 Å². The lowest BCUT2D eigenvalue weighted by Crippen LogP contribution is -2.52. The van der Waals surface area contributed by atoms with Gasteiger partial charge >= 0.3 is 5.97 Å². The number of amides is 1. The van der Waals surface area contributed by atoms with E-state index in [0.717, 1.165) is 19.1 Å². The van der Waals surface area contributed by atoms with E-state index in [1.165, 1.54) is 20.1 Å². The predicted octanol–water partition coefficient (Wildman–Crippen LogP) is 0.665. The summed E-state index contributed by atoms with van der Waals surface area (Å²) in [7, 11) is 1.42. The first-order chi connectivity index (χ1) is 15.2. The van der Waals surface area contributed by atoms with Crippen molar-refractivity contribution < 1.29 is 44.0 Å². The zero-order chi connectivity index (χ0) is 24.4. The minimum absolute atomic E-state index is 0.131. The molecule has 0 atom stereocenters. The lowest BCUT2D eigenvalue weighted by Gasteiger charge is -2.25. The minimum Gasteiger partial charge on any atom is -0.496 e. The van der Waals surface area contributed by atoms with E-state index in [2.05, 4.69) is 10.2 Å². The van der Waals surface area contributed by atoms with Crippen molar-refractivity contribution in [2.45, 2.75) is 38.1 Å². The Morgan fingerprint density at radius 2 is 1.84 bits per heavy atom. The zero-order valence-corrected chi connectivity index (χ0v) is 18.2. The fourth-order valence-corrected chi connectivity index (χ4v) is 2.17. The molecule has 3 N–H and O–H groups in total. The largest absolute Gasteiger partial charge is 0.496 e. The first-order valence-electron chi connectivity index (χ1n) is 9.76. The molecule has 0 saturated carbocycles. The van der Waals surface area contributed by atoms with Gasteiger partial charge in [0.1, 0.15) is 17.6 Å². The average molecular weight is 458 g/mol. The van der Waals surface area contributed by atoms with Crippen LogP contribution >= 0.6 is 0 Å². The van der Waals surface area contributed by atoms with Crippen LogP contribution in [0.2, 0.25) is 0 Å². The van der Waals surface area contributed by atoms with Crippen molar-refractivity contribution in [3.05, 3.63) is 39.9 Å². The summed E-state index contributed by atoms with van der Waals surface area (Å²) in [6.45, 7) is 0.205. The van der Waals surface area contributed by atoms with Crippen LogP contribution in [-0.4, -0.2) is 72.5 Å². The van der Waals surface area contributed by atoms with Gasteiger partial charge in [-0.25, -0.2) is 4.79 Å². The van der Waals surface area contributed by atoms with E-state index in [9.17, 15) is 24.5 Å². The highest BCUT2D eigenvalue weighted by molar-refractivity contribution is 5.94. The summed E-state index contributed by atoms with van der Waals surface area (Å²) < 4.78 is 9.89. The van der Waals surface area contributed by atoms with Crippen molar-refractivity contribution in [3.63, 3.8) is 0 Å². The highest BCUT2D eigenvalue weighted by Crippen LogP contribution is 2.18. The van der Waals surface area contributed by atoms with Gasteiger partial charge in [-0.1, -0.05) is 18.6 Å². The molecule has 1 aromatic carbocycles. The molecule has 1 rings (SSSR count). The number of aliphatic hydroxyl groups is 2. The molecule has 0 aliphatic carbocycles. The van der Waals surface area contributed by atoms with Gasteiger partial charge in [0.2, 0.25) is 0 Å². The van der Waals surface area contributed by atoms with Crippen molar-refractivity contribution in [1.82, 2.24) is 5.32 Å². The topological polar surface area (TPSA) is 175 Å². The molecule has 0 radical (unpaired) electrons. The molecule has 0 aliphatic heterocycles. The number of carbonyl (C=O) groups excluding carboxylic acids is 3. The Labute approximate surface area is 185 Å². The molecule has 0 saturated heterocycles. The number of hydrogen-bond donors (Lipinski definition) is 3. The Morgan fingerprint density at radius 3 is 2.41 bits per heavy atom. The standard InChI is InChI=1S/C14H19NO6.C6H11NO4/c1-14(8-16,9-17)15-12(18)7-21-13(19)10-5-3-4-6-11(10)20-2;8-5-3-1-2-4-6-11-7(9)10/h3-6,16-17H,7-9H2,1-2H3,(H,15,18);5H,1-4,6H2. The minimum atomic E-state index is -1.16. The van der Waals surface area contributed by atoms with Gasteiger partial charge in [0, 0.05) is 6.42 Å². The van der Waals surface area contributed by atoms with Gasteiger partial charge in [0.15, 0.2) is 6.61 Å². The normalized spacial score (nSPS) is 10.2. The van der Waals surface area contributed by atoms with Crippen LogP contribution in [0.25, 0.3) is 0 Å². The fraction of sp³-hybridized carbons (Fsp3) is 0.550. The number of methoxy groups -OCH3 is 1. The number of unbranched alkanes of at least 4 members (excludes halogenated alkanes) is 3. The quantitative estimate of drug-likeness (QED) is 0.118. The molecule has 32 heavy (non-hydrogen) atoms. The van der Waals surface area contributed by atoms with Gasteiger partial charge in [-0.05, 0) is 31.9 Å². The van der Waals surface area contributed by atoms with Crippen LogP contribution in [-0.2, 0) is 19.2 Å². The van der Waals surface area contributed by atoms with Gasteiger partial charge in [-0.3, -0.25) is 4.79 Å². The number of nitrogens with one attached hydrogen (secondary N) is 1. The maximum atomic E-state index is 11.9. The highest BCUT2D eigenvalue weighted by Gasteiger charge is 2.25. The molecular formula is C20H30N2O10. The maximum absolute atomic E-state index is 11.9. The van der Waals surface area contributed by atoms with E-state index in [0.29, 0.717) is 18.6 Å². The number of aliphatic hydroxyl groups excluding tert-OH is 2. The summed E-state index contributed by atoms with van der Waals surface area (Å²) in [5.74, 6) is -0.973. The molecule has 0 bridgehead atoms. The van der Waals surface area contributed by atoms with Crippen molar-refractivity contribution in [3.8, 4) is 5.75 Å². The molecule has 0 fully saturated rings. The van der Waals surface area contributed by atoms with Crippen molar-refractivity contribution in [2.75, 3.05) is 33.5 Å². The molecule has 1 amide bonds. The van der Waals surface area contributed by atoms with E-state index in [4.69, 9.17) is 19.7 Å². The van der Waals surface area contributed by atoms with Crippen LogP contribution in [0, 0.1) is 10.1 Å². The van der Waals surface area contributed by atoms with Crippen LogP contribution in [0.1, 0.15) is 43.0 Å². The Kier molecular flexibility index (Phi) is 14.8. The summed E-state index contributed by atoms with van der Waals surface area (Å²) in [5.41, 5.74) is -0.951. The summed E-state index contributed by atoms with van der Waals surface area (Å²) in [5, 5.41) is 29.3. The third kappa shape index (κ3) is 12.4. The first-order valence-corrected chi connectivity index (χ1v) is 9.76. The van der Waals surface area contributed by atoms with Crippen LogP contribution in [0.3, 0.4) is 0 Å². The molecular weight excluding hydrogens is 428 g/mol. The highest BCUT2D eigenvalue weighted by atomic mass is 16.9. The molecule has 1 aromatic rings. The van der Waals surface area contributed by atoms with Gasteiger partial charge in [0.25, 0.3) is 11.0 Å². The maximum Gasteiger partial charge on any atom is 0.342 e. The number of aldehydes is 1. The Hall–Kier alpha value is -3.25. The second-order valence-corrected chi connectivity index (χ2v) is 6.77. The Bertz CT molecular complexity index is 722.